The van der Waals surface area contributed by atoms with Crippen molar-refractivity contribution in [2.75, 3.05) is 5.73 Å². The molecule has 0 amide bonds. The van der Waals surface area contributed by atoms with Crippen molar-refractivity contribution in [1.82, 2.24) is 9.97 Å². The molecular weight excluding hydrogens is 249 g/mol. The molecule has 0 aliphatic heterocycles. The van der Waals surface area contributed by atoms with E-state index < -0.39 is 0 Å². The highest BCUT2D eigenvalue weighted by Crippen LogP contribution is 2.29. The molecule has 72 valence electrons. The number of hydrogen-bond donors (Lipinski definition) is 2. The summed E-state index contributed by atoms with van der Waals surface area (Å²) in [5.74, 6) is 0.00633. The number of halogens is 2. The zero-order chi connectivity index (χ0) is 10.1. The lowest BCUT2D eigenvalue weighted by atomic mass is 10.2. The second-order valence-corrected chi connectivity index (χ2v) is 3.58. The van der Waals surface area contributed by atoms with Crippen LogP contribution in [0.2, 0.25) is 0 Å². The molecule has 3 N–H and O–H groups in total. The molecule has 0 aliphatic rings. The lowest BCUT2D eigenvalue weighted by Gasteiger charge is -2.01. The third kappa shape index (κ3) is 1.50. The quantitative estimate of drug-likeness (QED) is 0.823. The van der Waals surface area contributed by atoms with E-state index in [0.29, 0.717) is 21.7 Å². The zero-order valence-electron chi connectivity index (χ0n) is 7.09. The van der Waals surface area contributed by atoms with Crippen LogP contribution in [0.3, 0.4) is 0 Å². The molecule has 0 saturated carbocycles. The minimum Gasteiger partial charge on any atom is -0.369 e. The molecule has 0 radical (unpaired) electrons. The Morgan fingerprint density at radius 2 is 2.21 bits per heavy atom. The predicted octanol–water partition coefficient (Wildman–Crippen LogP) is 2.56. The average molecular weight is 256 g/mol. The Kier molecular flexibility index (Phi) is 2.25. The topological polar surface area (TPSA) is 54.7 Å². The number of aromatic amines is 1. The summed E-state index contributed by atoms with van der Waals surface area (Å²) in [4.78, 5) is 6.67. The molecule has 0 saturated heterocycles. The van der Waals surface area contributed by atoms with Crippen molar-refractivity contribution in [3.8, 4) is 11.3 Å². The normalized spacial score (nSPS) is 10.4. The standard InChI is InChI=1S/C9H7BrFN3/c10-8-5(2-1-3-6(8)11)7-4-13-9(12)14-7/h1-4H,(H3,12,13,14). The van der Waals surface area contributed by atoms with E-state index in [4.69, 9.17) is 5.73 Å². The first-order valence-electron chi connectivity index (χ1n) is 3.93. The number of nitrogens with zero attached hydrogens (tertiary/aromatic N) is 1. The summed E-state index contributed by atoms with van der Waals surface area (Å²) in [5, 5.41) is 0. The van der Waals surface area contributed by atoms with Gasteiger partial charge in [-0.3, -0.25) is 0 Å². The molecule has 0 aliphatic carbocycles. The van der Waals surface area contributed by atoms with Gasteiger partial charge in [-0.15, -0.1) is 0 Å². The molecule has 2 rings (SSSR count). The second kappa shape index (κ2) is 3.42. The summed E-state index contributed by atoms with van der Waals surface area (Å²) in [6.07, 6.45) is 1.56. The lowest BCUT2D eigenvalue weighted by Crippen LogP contribution is -1.87. The van der Waals surface area contributed by atoms with Gasteiger partial charge >= 0.3 is 0 Å². The fourth-order valence-electron chi connectivity index (χ4n) is 1.19. The molecular formula is C9H7BrFN3. The van der Waals surface area contributed by atoms with Crippen molar-refractivity contribution in [2.45, 2.75) is 0 Å². The van der Waals surface area contributed by atoms with Crippen LogP contribution in [0.5, 0.6) is 0 Å². The van der Waals surface area contributed by atoms with E-state index in [9.17, 15) is 4.39 Å². The van der Waals surface area contributed by atoms with Gasteiger partial charge in [-0.2, -0.15) is 0 Å². The van der Waals surface area contributed by atoms with Gasteiger partial charge in [-0.1, -0.05) is 12.1 Å². The van der Waals surface area contributed by atoms with Gasteiger partial charge in [0.1, 0.15) is 5.82 Å². The Balaban J connectivity index is 2.57. The van der Waals surface area contributed by atoms with E-state index in [-0.39, 0.29) is 5.82 Å². The largest absolute Gasteiger partial charge is 0.369 e. The van der Waals surface area contributed by atoms with Crippen LogP contribution in [0.1, 0.15) is 0 Å². The van der Waals surface area contributed by atoms with Crippen LogP contribution in [0.25, 0.3) is 11.3 Å². The number of benzene rings is 1. The molecule has 1 aromatic carbocycles. The highest BCUT2D eigenvalue weighted by molar-refractivity contribution is 9.10. The van der Waals surface area contributed by atoms with Crippen LogP contribution < -0.4 is 5.73 Å². The van der Waals surface area contributed by atoms with Crippen molar-refractivity contribution in [1.29, 1.82) is 0 Å². The molecule has 0 spiro atoms. The Bertz CT molecular complexity index is 467. The number of H-pyrrole nitrogens is 1. The first kappa shape index (κ1) is 9.21. The summed E-state index contributed by atoms with van der Waals surface area (Å²) >= 11 is 3.16. The van der Waals surface area contributed by atoms with Crippen LogP contribution in [0.15, 0.2) is 28.9 Å². The second-order valence-electron chi connectivity index (χ2n) is 2.78. The molecule has 14 heavy (non-hydrogen) atoms. The molecule has 0 fully saturated rings. The van der Waals surface area contributed by atoms with E-state index in [1.54, 1.807) is 18.3 Å². The Hall–Kier alpha value is -1.36. The summed E-state index contributed by atoms with van der Waals surface area (Å²) in [6.45, 7) is 0. The van der Waals surface area contributed by atoms with Gasteiger partial charge in [-0.05, 0) is 22.0 Å². The van der Waals surface area contributed by atoms with Gasteiger partial charge < -0.3 is 10.7 Å². The zero-order valence-corrected chi connectivity index (χ0v) is 8.68. The molecule has 3 nitrogen and oxygen atoms in total. The molecule has 0 unspecified atom stereocenters. The van der Waals surface area contributed by atoms with Gasteiger partial charge in [0.15, 0.2) is 5.95 Å². The number of imidazole rings is 1. The number of nitrogens with one attached hydrogen (secondary N) is 1. The SMILES string of the molecule is Nc1ncc(-c2cccc(F)c2Br)[nH]1. The van der Waals surface area contributed by atoms with Crippen LogP contribution in [-0.4, -0.2) is 9.97 Å². The van der Waals surface area contributed by atoms with Crippen molar-refractivity contribution in [2.24, 2.45) is 0 Å². The molecule has 1 aromatic heterocycles. The number of nitrogen functional groups attached to an aromatic ring is 1. The van der Waals surface area contributed by atoms with Gasteiger partial charge in [0, 0.05) is 5.56 Å². The summed E-state index contributed by atoms with van der Waals surface area (Å²) in [7, 11) is 0. The lowest BCUT2D eigenvalue weighted by molar-refractivity contribution is 0.621. The van der Waals surface area contributed by atoms with Gasteiger partial charge in [0.05, 0.1) is 16.4 Å². The molecule has 2 aromatic rings. The maximum atomic E-state index is 13.2. The van der Waals surface area contributed by atoms with Crippen LogP contribution in [0.4, 0.5) is 10.3 Å². The van der Waals surface area contributed by atoms with Crippen molar-refractivity contribution >= 4 is 21.9 Å². The Morgan fingerprint density at radius 3 is 2.86 bits per heavy atom. The minimum absolute atomic E-state index is 0.310. The monoisotopic (exact) mass is 255 g/mol. The van der Waals surface area contributed by atoms with Gasteiger partial charge in [0.2, 0.25) is 0 Å². The molecule has 1 heterocycles. The van der Waals surface area contributed by atoms with Gasteiger partial charge in [0.25, 0.3) is 0 Å². The Morgan fingerprint density at radius 1 is 1.43 bits per heavy atom. The van der Waals surface area contributed by atoms with E-state index >= 15 is 0 Å². The van der Waals surface area contributed by atoms with Crippen molar-refractivity contribution < 1.29 is 4.39 Å². The van der Waals surface area contributed by atoms with E-state index in [1.807, 2.05) is 0 Å². The summed E-state index contributed by atoms with van der Waals surface area (Å²) < 4.78 is 13.6. The number of hydrogen-bond acceptors (Lipinski definition) is 2. The highest BCUT2D eigenvalue weighted by atomic mass is 79.9. The van der Waals surface area contributed by atoms with Crippen LogP contribution in [0, 0.1) is 5.82 Å². The first-order chi connectivity index (χ1) is 6.68. The van der Waals surface area contributed by atoms with Crippen molar-refractivity contribution in [3.05, 3.63) is 34.7 Å². The number of nitrogens with two attached hydrogens (primary N) is 1. The summed E-state index contributed by atoms with van der Waals surface area (Å²) in [5.41, 5.74) is 6.82. The number of aromatic nitrogens is 2. The number of anilines is 1. The van der Waals surface area contributed by atoms with E-state index in [1.165, 1.54) is 6.07 Å². The van der Waals surface area contributed by atoms with Crippen LogP contribution >= 0.6 is 15.9 Å². The van der Waals surface area contributed by atoms with Crippen molar-refractivity contribution in [3.63, 3.8) is 0 Å². The third-order valence-electron chi connectivity index (χ3n) is 1.84. The predicted molar refractivity (Wildman–Crippen MR) is 56.1 cm³/mol. The maximum absolute atomic E-state index is 13.2. The first-order valence-corrected chi connectivity index (χ1v) is 4.72. The number of rotatable bonds is 1. The van der Waals surface area contributed by atoms with E-state index in [2.05, 4.69) is 25.9 Å². The van der Waals surface area contributed by atoms with Crippen LogP contribution in [-0.2, 0) is 0 Å². The third-order valence-corrected chi connectivity index (χ3v) is 2.64. The Labute approximate surface area is 88.3 Å². The fourth-order valence-corrected chi connectivity index (χ4v) is 1.66. The molecule has 5 heteroatoms. The molecule has 0 atom stereocenters. The highest BCUT2D eigenvalue weighted by Gasteiger charge is 2.08. The average Bonchev–Trinajstić information content (AvgIpc) is 2.57. The molecule has 0 bridgehead atoms. The summed E-state index contributed by atoms with van der Waals surface area (Å²) in [6, 6.07) is 4.79. The maximum Gasteiger partial charge on any atom is 0.197 e. The van der Waals surface area contributed by atoms with E-state index in [0.717, 1.165) is 0 Å². The van der Waals surface area contributed by atoms with Gasteiger partial charge in [-0.25, -0.2) is 9.37 Å². The smallest absolute Gasteiger partial charge is 0.197 e. The minimum atomic E-state index is -0.310. The fraction of sp³-hybridized carbons (Fsp3) is 0.